The first-order valence-corrected chi connectivity index (χ1v) is 9.13. The lowest BCUT2D eigenvalue weighted by Gasteiger charge is -2.22. The van der Waals surface area contributed by atoms with Crippen LogP contribution in [0.5, 0.6) is 0 Å². The Morgan fingerprint density at radius 1 is 0.846 bits per heavy atom. The quantitative estimate of drug-likeness (QED) is 0.696. The summed E-state index contributed by atoms with van der Waals surface area (Å²) in [4.78, 5) is 28.7. The zero-order valence-electron chi connectivity index (χ0n) is 14.5. The van der Waals surface area contributed by atoms with Crippen LogP contribution < -0.4 is 9.80 Å². The minimum Gasteiger partial charge on any atom is -0.372 e. The molecule has 2 aromatic carbocycles. The number of nitrogens with zero attached hydrogens (tertiary/aromatic N) is 2. The van der Waals surface area contributed by atoms with Gasteiger partial charge in [0, 0.05) is 23.8 Å². The van der Waals surface area contributed by atoms with Gasteiger partial charge in [-0.05, 0) is 55.8 Å². The molecule has 0 saturated heterocycles. The third-order valence-corrected chi connectivity index (χ3v) is 5.00. The fourth-order valence-electron chi connectivity index (χ4n) is 3.01. The number of amides is 2. The predicted molar refractivity (Wildman–Crippen MR) is 107 cm³/mol. The van der Waals surface area contributed by atoms with Gasteiger partial charge in [-0.15, -0.1) is 0 Å². The van der Waals surface area contributed by atoms with Crippen LogP contribution in [0.3, 0.4) is 0 Å². The van der Waals surface area contributed by atoms with Gasteiger partial charge in [-0.2, -0.15) is 0 Å². The van der Waals surface area contributed by atoms with E-state index in [9.17, 15) is 9.59 Å². The molecule has 1 heterocycles. The van der Waals surface area contributed by atoms with E-state index in [1.54, 1.807) is 36.4 Å². The molecule has 0 atom stereocenters. The van der Waals surface area contributed by atoms with Gasteiger partial charge in [-0.25, -0.2) is 4.90 Å². The highest BCUT2D eigenvalue weighted by molar-refractivity contribution is 6.60. The first-order chi connectivity index (χ1) is 12.5. The maximum absolute atomic E-state index is 12.9. The van der Waals surface area contributed by atoms with Gasteiger partial charge in [-0.3, -0.25) is 9.59 Å². The first-order valence-electron chi connectivity index (χ1n) is 8.37. The largest absolute Gasteiger partial charge is 0.372 e. The molecule has 2 amide bonds. The molecule has 0 radical (unpaired) electrons. The molecule has 0 bridgehead atoms. The Kier molecular flexibility index (Phi) is 5.35. The van der Waals surface area contributed by atoms with Crippen molar-refractivity contribution in [2.75, 3.05) is 22.9 Å². The van der Waals surface area contributed by atoms with Crippen LogP contribution >= 0.6 is 23.2 Å². The van der Waals surface area contributed by atoms with Gasteiger partial charge < -0.3 is 4.90 Å². The average Bonchev–Trinajstić information content (AvgIpc) is 2.87. The van der Waals surface area contributed by atoms with Crippen LogP contribution in [0.4, 0.5) is 11.4 Å². The van der Waals surface area contributed by atoms with Crippen LogP contribution in [0, 0.1) is 0 Å². The maximum atomic E-state index is 12.9. The van der Waals surface area contributed by atoms with Gasteiger partial charge in [0.25, 0.3) is 11.8 Å². The lowest BCUT2D eigenvalue weighted by Crippen LogP contribution is -2.31. The van der Waals surface area contributed by atoms with Crippen LogP contribution in [-0.4, -0.2) is 24.9 Å². The van der Waals surface area contributed by atoms with Gasteiger partial charge in [0.2, 0.25) is 0 Å². The molecule has 3 rings (SSSR count). The summed E-state index contributed by atoms with van der Waals surface area (Å²) in [5.41, 5.74) is 2.30. The zero-order valence-corrected chi connectivity index (χ0v) is 16.0. The Morgan fingerprint density at radius 3 is 1.96 bits per heavy atom. The molecular weight excluding hydrogens is 371 g/mol. The second-order valence-electron chi connectivity index (χ2n) is 5.83. The molecule has 0 unspecified atom stereocenters. The van der Waals surface area contributed by atoms with E-state index in [0.29, 0.717) is 16.3 Å². The van der Waals surface area contributed by atoms with Crippen molar-refractivity contribution in [3.8, 4) is 0 Å². The predicted octanol–water partition coefficient (Wildman–Crippen LogP) is 4.71. The van der Waals surface area contributed by atoms with Crippen LogP contribution in [0.1, 0.15) is 19.4 Å². The third kappa shape index (κ3) is 3.22. The molecule has 4 nitrogen and oxygen atoms in total. The van der Waals surface area contributed by atoms with E-state index < -0.39 is 11.8 Å². The van der Waals surface area contributed by atoms with Gasteiger partial charge in [0.1, 0.15) is 5.03 Å². The van der Waals surface area contributed by atoms with E-state index in [1.165, 1.54) is 0 Å². The van der Waals surface area contributed by atoms with Crippen LogP contribution in [0.15, 0.2) is 53.6 Å². The third-order valence-electron chi connectivity index (χ3n) is 4.40. The number of rotatable bonds is 5. The molecule has 2 aromatic rings. The maximum Gasteiger partial charge on any atom is 0.277 e. The second kappa shape index (κ2) is 7.52. The van der Waals surface area contributed by atoms with Crippen molar-refractivity contribution in [2.24, 2.45) is 0 Å². The molecule has 0 aromatic heterocycles. The van der Waals surface area contributed by atoms with Crippen molar-refractivity contribution >= 4 is 52.0 Å². The lowest BCUT2D eigenvalue weighted by molar-refractivity contribution is -0.119. The summed E-state index contributed by atoms with van der Waals surface area (Å²) in [6.07, 6.45) is 0. The first kappa shape index (κ1) is 18.5. The van der Waals surface area contributed by atoms with E-state index in [4.69, 9.17) is 23.2 Å². The van der Waals surface area contributed by atoms with Crippen molar-refractivity contribution in [2.45, 2.75) is 13.8 Å². The average molecular weight is 389 g/mol. The highest BCUT2D eigenvalue weighted by Crippen LogP contribution is 2.35. The molecule has 6 heteroatoms. The van der Waals surface area contributed by atoms with Gasteiger partial charge in [-0.1, -0.05) is 35.3 Å². The van der Waals surface area contributed by atoms with Crippen LogP contribution in [-0.2, 0) is 9.59 Å². The van der Waals surface area contributed by atoms with Crippen molar-refractivity contribution in [1.29, 1.82) is 0 Å². The molecular formula is C20H18Cl2N2O2. The van der Waals surface area contributed by atoms with Gasteiger partial charge >= 0.3 is 0 Å². The number of anilines is 2. The summed E-state index contributed by atoms with van der Waals surface area (Å²) in [6.45, 7) is 5.91. The summed E-state index contributed by atoms with van der Waals surface area (Å²) >= 11 is 12.1. The summed E-state index contributed by atoms with van der Waals surface area (Å²) in [5, 5.41) is 0.469. The molecule has 0 spiro atoms. The van der Waals surface area contributed by atoms with E-state index in [0.717, 1.165) is 23.7 Å². The fraction of sp³-hybridized carbons (Fsp3) is 0.200. The number of halogens is 2. The van der Waals surface area contributed by atoms with Crippen LogP contribution in [0.25, 0.3) is 5.57 Å². The number of carbonyl (C=O) groups excluding carboxylic acids is 2. The molecule has 1 aliphatic heterocycles. The highest BCUT2D eigenvalue weighted by atomic mass is 35.5. The highest BCUT2D eigenvalue weighted by Gasteiger charge is 2.39. The normalized spacial score (nSPS) is 14.4. The SMILES string of the molecule is CCN(CC)c1ccc(N2C(=O)C(Cl)=C(c3ccc(Cl)cc3)C2=O)cc1. The van der Waals surface area contributed by atoms with E-state index >= 15 is 0 Å². The smallest absolute Gasteiger partial charge is 0.277 e. The molecule has 0 saturated carbocycles. The Hall–Kier alpha value is -2.30. The van der Waals surface area contributed by atoms with E-state index in [2.05, 4.69) is 18.7 Å². The van der Waals surface area contributed by atoms with E-state index in [-0.39, 0.29) is 10.6 Å². The van der Waals surface area contributed by atoms with Crippen molar-refractivity contribution in [1.82, 2.24) is 0 Å². The second-order valence-corrected chi connectivity index (χ2v) is 6.64. The fourth-order valence-corrected chi connectivity index (χ4v) is 3.41. The monoisotopic (exact) mass is 388 g/mol. The Balaban J connectivity index is 1.92. The molecule has 134 valence electrons. The van der Waals surface area contributed by atoms with Crippen molar-refractivity contribution in [3.63, 3.8) is 0 Å². The summed E-state index contributed by atoms with van der Waals surface area (Å²) in [5.74, 6) is -0.949. The van der Waals surface area contributed by atoms with Crippen molar-refractivity contribution < 1.29 is 9.59 Å². The minimum atomic E-state index is -0.516. The Labute approximate surface area is 162 Å². The summed E-state index contributed by atoms with van der Waals surface area (Å²) in [7, 11) is 0. The van der Waals surface area contributed by atoms with Gasteiger partial charge in [0.05, 0.1) is 11.3 Å². The number of imide groups is 1. The van der Waals surface area contributed by atoms with E-state index in [1.807, 2.05) is 12.1 Å². The minimum absolute atomic E-state index is 0.0786. The molecule has 0 aliphatic carbocycles. The number of carbonyl (C=O) groups is 2. The zero-order chi connectivity index (χ0) is 18.8. The van der Waals surface area contributed by atoms with Crippen LogP contribution in [0.2, 0.25) is 5.02 Å². The molecule has 26 heavy (non-hydrogen) atoms. The number of hydrogen-bond acceptors (Lipinski definition) is 3. The molecule has 0 N–H and O–H groups in total. The number of benzene rings is 2. The summed E-state index contributed by atoms with van der Waals surface area (Å²) in [6, 6.07) is 14.0. The Bertz CT molecular complexity index is 870. The topological polar surface area (TPSA) is 40.6 Å². The van der Waals surface area contributed by atoms with Gasteiger partial charge in [0.15, 0.2) is 0 Å². The molecule has 1 aliphatic rings. The van der Waals surface area contributed by atoms with Crippen molar-refractivity contribution in [3.05, 3.63) is 64.1 Å². The Morgan fingerprint density at radius 2 is 1.42 bits per heavy atom. The lowest BCUT2D eigenvalue weighted by atomic mass is 10.1. The standard InChI is InChI=1S/C20H18Cl2N2O2/c1-3-23(4-2)15-9-11-16(12-10-15)24-19(25)17(18(22)20(24)26)13-5-7-14(21)8-6-13/h5-12H,3-4H2,1-2H3. The number of hydrogen-bond donors (Lipinski definition) is 0. The molecule has 0 fully saturated rings. The summed E-state index contributed by atoms with van der Waals surface area (Å²) < 4.78 is 0.